The van der Waals surface area contributed by atoms with Gasteiger partial charge in [0.2, 0.25) is 0 Å². The van der Waals surface area contributed by atoms with Gasteiger partial charge in [0.05, 0.1) is 0 Å². The van der Waals surface area contributed by atoms with Crippen LogP contribution in [-0.4, -0.2) is 6.04 Å². The monoisotopic (exact) mass is 168 g/mol. The maximum atomic E-state index is 5.50. The zero-order valence-electron chi connectivity index (χ0n) is 8.14. The van der Waals surface area contributed by atoms with Crippen molar-refractivity contribution in [2.24, 2.45) is 17.7 Å². The maximum Gasteiger partial charge on any atom is 0.0275 e. The Kier molecular flexibility index (Phi) is 3.29. The van der Waals surface area contributed by atoms with E-state index >= 15 is 0 Å². The molecule has 3 N–H and O–H groups in total. The molecule has 2 nitrogen and oxygen atoms in total. The summed E-state index contributed by atoms with van der Waals surface area (Å²) in [6.07, 6.45) is 3.78. The Balaban J connectivity index is 2.36. The Hall–Kier alpha value is -0.340. The summed E-state index contributed by atoms with van der Waals surface area (Å²) in [6, 6.07) is 0.426. The van der Waals surface area contributed by atoms with Gasteiger partial charge in [-0.25, -0.2) is 0 Å². The van der Waals surface area contributed by atoms with Crippen molar-refractivity contribution in [1.29, 1.82) is 0 Å². The Morgan fingerprint density at radius 1 is 1.67 bits per heavy atom. The molecule has 0 bridgehead atoms. The van der Waals surface area contributed by atoms with Gasteiger partial charge >= 0.3 is 0 Å². The quantitative estimate of drug-likeness (QED) is 0.373. The van der Waals surface area contributed by atoms with Crippen LogP contribution in [-0.2, 0) is 0 Å². The van der Waals surface area contributed by atoms with E-state index in [9.17, 15) is 0 Å². The Morgan fingerprint density at radius 3 is 2.58 bits per heavy atom. The summed E-state index contributed by atoms with van der Waals surface area (Å²) < 4.78 is 0. The number of rotatable bonds is 5. The van der Waals surface area contributed by atoms with Crippen molar-refractivity contribution >= 4 is 0 Å². The van der Waals surface area contributed by atoms with E-state index in [0.29, 0.717) is 12.0 Å². The SMILES string of the molecule is C=C(C)CC(NN)C(C)C1CC1. The van der Waals surface area contributed by atoms with Crippen molar-refractivity contribution in [2.45, 2.75) is 39.2 Å². The fraction of sp³-hybridized carbons (Fsp3) is 0.800. The third kappa shape index (κ3) is 2.61. The molecular formula is C10H20N2. The predicted octanol–water partition coefficient (Wildman–Crippen LogP) is 1.83. The summed E-state index contributed by atoms with van der Waals surface area (Å²) >= 11 is 0. The molecule has 1 aliphatic rings. The lowest BCUT2D eigenvalue weighted by atomic mass is 9.92. The van der Waals surface area contributed by atoms with Crippen LogP contribution in [0.1, 0.15) is 33.1 Å². The maximum absolute atomic E-state index is 5.50. The highest BCUT2D eigenvalue weighted by atomic mass is 15.2. The zero-order chi connectivity index (χ0) is 9.14. The number of hydrogen-bond acceptors (Lipinski definition) is 2. The van der Waals surface area contributed by atoms with Gasteiger partial charge in [-0.3, -0.25) is 11.3 Å². The fourth-order valence-electron chi connectivity index (χ4n) is 1.72. The largest absolute Gasteiger partial charge is 0.271 e. The Morgan fingerprint density at radius 2 is 2.25 bits per heavy atom. The van der Waals surface area contributed by atoms with Crippen molar-refractivity contribution in [3.8, 4) is 0 Å². The highest BCUT2D eigenvalue weighted by molar-refractivity contribution is 4.96. The summed E-state index contributed by atoms with van der Waals surface area (Å²) in [7, 11) is 0. The Labute approximate surface area is 75.2 Å². The van der Waals surface area contributed by atoms with E-state index in [4.69, 9.17) is 5.84 Å². The second kappa shape index (κ2) is 4.06. The van der Waals surface area contributed by atoms with Crippen LogP contribution >= 0.6 is 0 Å². The van der Waals surface area contributed by atoms with Crippen LogP contribution < -0.4 is 11.3 Å². The average Bonchev–Trinajstić information content (AvgIpc) is 2.80. The highest BCUT2D eigenvalue weighted by Crippen LogP contribution is 2.39. The van der Waals surface area contributed by atoms with E-state index in [1.54, 1.807) is 0 Å². The molecule has 0 aromatic heterocycles. The molecule has 1 saturated carbocycles. The third-order valence-electron chi connectivity index (χ3n) is 2.78. The molecule has 70 valence electrons. The van der Waals surface area contributed by atoms with Gasteiger partial charge in [0.1, 0.15) is 0 Å². The minimum atomic E-state index is 0.426. The van der Waals surface area contributed by atoms with Gasteiger partial charge in [0.15, 0.2) is 0 Å². The van der Waals surface area contributed by atoms with Crippen LogP contribution in [0.3, 0.4) is 0 Å². The lowest BCUT2D eigenvalue weighted by Gasteiger charge is -2.22. The second-order valence-corrected chi connectivity index (χ2v) is 4.13. The van der Waals surface area contributed by atoms with Crippen LogP contribution in [0, 0.1) is 11.8 Å². The van der Waals surface area contributed by atoms with Gasteiger partial charge in [0.25, 0.3) is 0 Å². The van der Waals surface area contributed by atoms with Crippen molar-refractivity contribution in [3.05, 3.63) is 12.2 Å². The molecule has 1 aliphatic carbocycles. The van der Waals surface area contributed by atoms with E-state index < -0.39 is 0 Å². The van der Waals surface area contributed by atoms with E-state index in [0.717, 1.165) is 12.3 Å². The normalized spacial score (nSPS) is 21.9. The van der Waals surface area contributed by atoms with Crippen molar-refractivity contribution < 1.29 is 0 Å². The van der Waals surface area contributed by atoms with Crippen LogP contribution in [0.15, 0.2) is 12.2 Å². The molecule has 2 unspecified atom stereocenters. The first kappa shape index (κ1) is 9.75. The fourth-order valence-corrected chi connectivity index (χ4v) is 1.72. The van der Waals surface area contributed by atoms with E-state index in [1.807, 2.05) is 0 Å². The summed E-state index contributed by atoms with van der Waals surface area (Å²) in [5.41, 5.74) is 4.11. The first-order chi connectivity index (χ1) is 5.65. The second-order valence-electron chi connectivity index (χ2n) is 4.13. The topological polar surface area (TPSA) is 38.0 Å². The summed E-state index contributed by atoms with van der Waals surface area (Å²) in [5, 5.41) is 0. The molecule has 0 saturated heterocycles. The van der Waals surface area contributed by atoms with Crippen LogP contribution in [0.4, 0.5) is 0 Å². The first-order valence-electron chi connectivity index (χ1n) is 4.75. The van der Waals surface area contributed by atoms with Crippen molar-refractivity contribution in [2.75, 3.05) is 0 Å². The molecule has 0 aromatic rings. The van der Waals surface area contributed by atoms with Crippen molar-refractivity contribution in [1.82, 2.24) is 5.43 Å². The van der Waals surface area contributed by atoms with Gasteiger partial charge in [-0.1, -0.05) is 12.5 Å². The lowest BCUT2D eigenvalue weighted by molar-refractivity contribution is 0.343. The van der Waals surface area contributed by atoms with Gasteiger partial charge in [0, 0.05) is 6.04 Å². The van der Waals surface area contributed by atoms with Gasteiger partial charge < -0.3 is 0 Å². The number of hydrazine groups is 1. The molecule has 0 spiro atoms. The van der Waals surface area contributed by atoms with E-state index in [1.165, 1.54) is 18.4 Å². The number of hydrogen-bond donors (Lipinski definition) is 2. The standard InChI is InChI=1S/C10H20N2/c1-7(2)6-10(12-11)8(3)9-4-5-9/h8-10,12H,1,4-6,11H2,2-3H3. The summed E-state index contributed by atoms with van der Waals surface area (Å²) in [6.45, 7) is 8.25. The molecular weight excluding hydrogens is 148 g/mol. The first-order valence-corrected chi connectivity index (χ1v) is 4.75. The van der Waals surface area contributed by atoms with Gasteiger partial charge in [-0.15, -0.1) is 6.58 Å². The third-order valence-corrected chi connectivity index (χ3v) is 2.78. The molecule has 12 heavy (non-hydrogen) atoms. The minimum absolute atomic E-state index is 0.426. The van der Waals surface area contributed by atoms with Crippen LogP contribution in [0.5, 0.6) is 0 Å². The summed E-state index contributed by atoms with van der Waals surface area (Å²) in [5.74, 6) is 7.10. The summed E-state index contributed by atoms with van der Waals surface area (Å²) in [4.78, 5) is 0. The van der Waals surface area contributed by atoms with Gasteiger partial charge in [-0.2, -0.15) is 0 Å². The number of nitrogens with one attached hydrogen (secondary N) is 1. The van der Waals surface area contributed by atoms with Gasteiger partial charge in [-0.05, 0) is 38.0 Å². The van der Waals surface area contributed by atoms with E-state index in [2.05, 4.69) is 25.9 Å². The lowest BCUT2D eigenvalue weighted by Crippen LogP contribution is -2.40. The minimum Gasteiger partial charge on any atom is -0.271 e. The van der Waals surface area contributed by atoms with Crippen LogP contribution in [0.25, 0.3) is 0 Å². The molecule has 2 atom stereocenters. The zero-order valence-corrected chi connectivity index (χ0v) is 8.14. The Bertz CT molecular complexity index is 161. The van der Waals surface area contributed by atoms with Crippen LogP contribution in [0.2, 0.25) is 0 Å². The molecule has 1 fully saturated rings. The van der Waals surface area contributed by atoms with E-state index in [-0.39, 0.29) is 0 Å². The molecule has 0 radical (unpaired) electrons. The molecule has 2 heteroatoms. The molecule has 1 rings (SSSR count). The average molecular weight is 168 g/mol. The molecule has 0 heterocycles. The molecule has 0 aromatic carbocycles. The molecule has 0 aliphatic heterocycles. The molecule has 0 amide bonds. The number of nitrogens with two attached hydrogens (primary N) is 1. The van der Waals surface area contributed by atoms with Crippen molar-refractivity contribution in [3.63, 3.8) is 0 Å². The smallest absolute Gasteiger partial charge is 0.0275 e. The predicted molar refractivity (Wildman–Crippen MR) is 52.4 cm³/mol. The highest BCUT2D eigenvalue weighted by Gasteiger charge is 2.32.